The Balaban J connectivity index is 3.23. The number of aliphatic hydroxyl groups excluding tert-OH is 1. The first-order valence-electron chi connectivity index (χ1n) is 5.89. The van der Waals surface area contributed by atoms with Crippen LogP contribution in [0.25, 0.3) is 0 Å². The molecular formula is C10H20N4O3S2. The van der Waals surface area contributed by atoms with E-state index in [1.807, 2.05) is 11.8 Å². The maximum absolute atomic E-state index is 12.3. The van der Waals surface area contributed by atoms with Gasteiger partial charge in [0.05, 0.1) is 0 Å². The molecule has 0 radical (unpaired) electrons. The normalized spacial score (nSPS) is 12.1. The highest BCUT2D eigenvalue weighted by atomic mass is 32.2. The molecule has 1 rings (SSSR count). The first-order valence-corrected chi connectivity index (χ1v) is 8.11. The molecule has 7 nitrogen and oxygen atoms in total. The number of nitrogens with zero attached hydrogens (tertiary/aromatic N) is 3. The Bertz CT molecular complexity index is 513. The summed E-state index contributed by atoms with van der Waals surface area (Å²) in [6.45, 7) is 3.15. The molecule has 0 spiro atoms. The van der Waals surface area contributed by atoms with Crippen molar-refractivity contribution in [1.29, 1.82) is 0 Å². The van der Waals surface area contributed by atoms with Crippen LogP contribution in [-0.4, -0.2) is 56.0 Å². The Labute approximate surface area is 117 Å². The Morgan fingerprint density at radius 2 is 2.05 bits per heavy atom. The predicted octanol–water partition coefficient (Wildman–Crippen LogP) is 0.184. The Hall–Kier alpha value is -0.900. The number of rotatable bonds is 7. The minimum atomic E-state index is -3.62. The molecular weight excluding hydrogens is 288 g/mol. The first kappa shape index (κ1) is 16.2. The van der Waals surface area contributed by atoms with Crippen LogP contribution < -0.4 is 10.6 Å². The van der Waals surface area contributed by atoms with E-state index in [4.69, 9.17) is 10.8 Å². The van der Waals surface area contributed by atoms with Gasteiger partial charge in [0.2, 0.25) is 10.0 Å². The highest BCUT2D eigenvalue weighted by Gasteiger charge is 2.29. The van der Waals surface area contributed by atoms with Gasteiger partial charge in [0, 0.05) is 33.8 Å². The fourth-order valence-corrected chi connectivity index (χ4v) is 3.89. The predicted molar refractivity (Wildman–Crippen MR) is 77.0 cm³/mol. The van der Waals surface area contributed by atoms with Crippen LogP contribution in [0.1, 0.15) is 13.3 Å². The molecule has 0 aliphatic carbocycles. The van der Waals surface area contributed by atoms with Crippen LogP contribution in [0.4, 0.5) is 10.8 Å². The van der Waals surface area contributed by atoms with Crippen LogP contribution >= 0.6 is 11.5 Å². The molecule has 0 aliphatic heterocycles. The van der Waals surface area contributed by atoms with Crippen LogP contribution in [0.5, 0.6) is 0 Å². The van der Waals surface area contributed by atoms with Crippen molar-refractivity contribution in [3.05, 3.63) is 0 Å². The van der Waals surface area contributed by atoms with Gasteiger partial charge in [-0.05, 0) is 24.9 Å². The van der Waals surface area contributed by atoms with Gasteiger partial charge >= 0.3 is 0 Å². The lowest BCUT2D eigenvalue weighted by molar-refractivity contribution is 0.289. The summed E-state index contributed by atoms with van der Waals surface area (Å²) in [4.78, 5) is 1.92. The number of hydrogen-bond acceptors (Lipinski definition) is 7. The minimum absolute atomic E-state index is 0.0242. The van der Waals surface area contributed by atoms with E-state index in [1.165, 1.54) is 14.1 Å². The topological polar surface area (TPSA) is 99.8 Å². The van der Waals surface area contributed by atoms with Crippen LogP contribution in [0, 0.1) is 0 Å². The highest BCUT2D eigenvalue weighted by molar-refractivity contribution is 7.89. The quantitative estimate of drug-likeness (QED) is 0.745. The second-order valence-electron chi connectivity index (χ2n) is 4.15. The van der Waals surface area contributed by atoms with Crippen molar-refractivity contribution in [2.45, 2.75) is 18.2 Å². The van der Waals surface area contributed by atoms with Crippen molar-refractivity contribution in [2.24, 2.45) is 0 Å². The zero-order valence-electron chi connectivity index (χ0n) is 11.3. The third-order valence-electron chi connectivity index (χ3n) is 2.65. The smallest absolute Gasteiger partial charge is 0.249 e. The average Bonchev–Trinajstić information content (AvgIpc) is 2.72. The van der Waals surface area contributed by atoms with Crippen molar-refractivity contribution in [3.63, 3.8) is 0 Å². The average molecular weight is 308 g/mol. The van der Waals surface area contributed by atoms with E-state index in [-0.39, 0.29) is 17.3 Å². The van der Waals surface area contributed by atoms with E-state index in [0.717, 1.165) is 15.8 Å². The van der Waals surface area contributed by atoms with Crippen LogP contribution in [0.3, 0.4) is 0 Å². The third-order valence-corrected chi connectivity index (χ3v) is 5.58. The molecule has 0 bridgehead atoms. The van der Waals surface area contributed by atoms with Crippen molar-refractivity contribution in [3.8, 4) is 0 Å². The molecule has 1 heterocycles. The number of aromatic nitrogens is 1. The third kappa shape index (κ3) is 3.35. The van der Waals surface area contributed by atoms with E-state index in [2.05, 4.69) is 4.37 Å². The van der Waals surface area contributed by atoms with Crippen molar-refractivity contribution in [1.82, 2.24) is 8.68 Å². The number of nitrogens with two attached hydrogens (primary N) is 1. The molecule has 0 saturated heterocycles. The zero-order chi connectivity index (χ0) is 14.6. The van der Waals surface area contributed by atoms with Gasteiger partial charge in [0.15, 0.2) is 10.7 Å². The Kier molecular flexibility index (Phi) is 5.53. The summed E-state index contributed by atoms with van der Waals surface area (Å²) in [5.74, 6) is 0.0242. The summed E-state index contributed by atoms with van der Waals surface area (Å²) in [6, 6.07) is 0. The lowest BCUT2D eigenvalue weighted by atomic mass is 10.4. The number of nitrogen functional groups attached to an aromatic ring is 1. The summed E-state index contributed by atoms with van der Waals surface area (Å²) in [5, 5.41) is 9.42. The van der Waals surface area contributed by atoms with E-state index in [0.29, 0.717) is 24.5 Å². The molecule has 19 heavy (non-hydrogen) atoms. The van der Waals surface area contributed by atoms with Crippen molar-refractivity contribution < 1.29 is 13.5 Å². The van der Waals surface area contributed by atoms with Gasteiger partial charge in [0.25, 0.3) is 0 Å². The van der Waals surface area contributed by atoms with Gasteiger partial charge in [-0.2, -0.15) is 4.37 Å². The standard InChI is InChI=1S/C10H20N4O3S2/c1-4-14(6-5-7-15)10-8(9(11)12-18-10)19(16,17)13(2)3/h15H,4-7H2,1-3H3,(H2,11,12). The highest BCUT2D eigenvalue weighted by Crippen LogP contribution is 2.35. The fraction of sp³-hybridized carbons (Fsp3) is 0.700. The van der Waals surface area contributed by atoms with E-state index < -0.39 is 10.0 Å². The second kappa shape index (κ2) is 6.51. The molecule has 9 heteroatoms. The van der Waals surface area contributed by atoms with Gasteiger partial charge in [-0.3, -0.25) is 0 Å². The van der Waals surface area contributed by atoms with Crippen LogP contribution in [-0.2, 0) is 10.0 Å². The molecule has 0 atom stereocenters. The molecule has 110 valence electrons. The molecule has 1 aromatic rings. The molecule has 0 amide bonds. The van der Waals surface area contributed by atoms with Crippen molar-refractivity contribution in [2.75, 3.05) is 44.4 Å². The number of aliphatic hydroxyl groups is 1. The van der Waals surface area contributed by atoms with E-state index >= 15 is 0 Å². The van der Waals surface area contributed by atoms with Gasteiger partial charge in [-0.25, -0.2) is 12.7 Å². The number of anilines is 2. The number of hydrogen-bond donors (Lipinski definition) is 2. The Morgan fingerprint density at radius 3 is 2.53 bits per heavy atom. The van der Waals surface area contributed by atoms with Gasteiger partial charge in [-0.15, -0.1) is 0 Å². The fourth-order valence-electron chi connectivity index (χ4n) is 1.58. The largest absolute Gasteiger partial charge is 0.396 e. The molecule has 0 aromatic carbocycles. The molecule has 0 saturated carbocycles. The van der Waals surface area contributed by atoms with Gasteiger partial charge < -0.3 is 15.7 Å². The van der Waals surface area contributed by atoms with Gasteiger partial charge in [0.1, 0.15) is 5.00 Å². The second-order valence-corrected chi connectivity index (χ2v) is 6.99. The zero-order valence-corrected chi connectivity index (χ0v) is 13.0. The molecule has 3 N–H and O–H groups in total. The minimum Gasteiger partial charge on any atom is -0.396 e. The SMILES string of the molecule is CCN(CCCO)c1snc(N)c1S(=O)(=O)N(C)C. The molecule has 0 fully saturated rings. The monoisotopic (exact) mass is 308 g/mol. The summed E-state index contributed by atoms with van der Waals surface area (Å²) in [6.07, 6.45) is 0.563. The van der Waals surface area contributed by atoms with Crippen molar-refractivity contribution >= 4 is 32.4 Å². The summed E-state index contributed by atoms with van der Waals surface area (Å²) < 4.78 is 29.6. The lowest BCUT2D eigenvalue weighted by Crippen LogP contribution is -2.28. The maximum Gasteiger partial charge on any atom is 0.249 e. The summed E-state index contributed by atoms with van der Waals surface area (Å²) in [5.41, 5.74) is 5.70. The van der Waals surface area contributed by atoms with Crippen LogP contribution in [0.2, 0.25) is 0 Å². The van der Waals surface area contributed by atoms with E-state index in [1.54, 1.807) is 0 Å². The summed E-state index contributed by atoms with van der Waals surface area (Å²) in [7, 11) is -0.706. The van der Waals surface area contributed by atoms with Crippen LogP contribution in [0.15, 0.2) is 4.90 Å². The first-order chi connectivity index (χ1) is 8.86. The summed E-state index contributed by atoms with van der Waals surface area (Å²) >= 11 is 1.07. The number of sulfonamides is 1. The maximum atomic E-state index is 12.3. The Morgan fingerprint density at radius 1 is 1.42 bits per heavy atom. The molecule has 1 aromatic heterocycles. The van der Waals surface area contributed by atoms with E-state index in [9.17, 15) is 8.42 Å². The molecule has 0 unspecified atom stereocenters. The molecule has 0 aliphatic rings. The van der Waals surface area contributed by atoms with Gasteiger partial charge in [-0.1, -0.05) is 0 Å². The lowest BCUT2D eigenvalue weighted by Gasteiger charge is -2.22.